The molecule has 0 unspecified atom stereocenters. The SMILES string of the molecule is C=C1COCC/C1=C/C=C1\CCC[C@]2(C)[C@@H]([C@H](C)CCCC(C)(C)O)CC[C@@H]12. The minimum absolute atomic E-state index is 0.462. The number of ether oxygens (including phenoxy) is 1. The van der Waals surface area contributed by atoms with Gasteiger partial charge in [-0.05, 0) is 93.1 Å². The molecule has 0 aromatic carbocycles. The predicted molar refractivity (Wildman–Crippen MR) is 118 cm³/mol. The summed E-state index contributed by atoms with van der Waals surface area (Å²) in [4.78, 5) is 0. The number of fused-ring (bicyclic) bond motifs is 1. The van der Waals surface area contributed by atoms with Gasteiger partial charge in [0.1, 0.15) is 0 Å². The molecule has 0 aromatic heterocycles. The van der Waals surface area contributed by atoms with E-state index in [0.717, 1.165) is 49.2 Å². The van der Waals surface area contributed by atoms with Crippen molar-refractivity contribution in [2.45, 2.75) is 91.1 Å². The molecule has 0 spiro atoms. The van der Waals surface area contributed by atoms with Gasteiger partial charge in [-0.1, -0.05) is 51.0 Å². The summed E-state index contributed by atoms with van der Waals surface area (Å²) in [6.07, 6.45) is 15.8. The van der Waals surface area contributed by atoms with Crippen molar-refractivity contribution < 1.29 is 9.84 Å². The van der Waals surface area contributed by atoms with Crippen molar-refractivity contribution in [2.24, 2.45) is 23.2 Å². The van der Waals surface area contributed by atoms with Crippen LogP contribution in [0.4, 0.5) is 0 Å². The summed E-state index contributed by atoms with van der Waals surface area (Å²) in [7, 11) is 0. The number of aliphatic hydroxyl groups is 1. The fourth-order valence-corrected chi connectivity index (χ4v) is 6.33. The Morgan fingerprint density at radius 1 is 1.29 bits per heavy atom. The van der Waals surface area contributed by atoms with Crippen molar-refractivity contribution >= 4 is 0 Å². The molecular formula is C26H42O2. The lowest BCUT2D eigenvalue weighted by molar-refractivity contribution is 0.0596. The molecule has 0 bridgehead atoms. The molecule has 4 atom stereocenters. The largest absolute Gasteiger partial charge is 0.390 e. The van der Waals surface area contributed by atoms with Crippen LogP contribution in [0, 0.1) is 23.2 Å². The molecule has 2 nitrogen and oxygen atoms in total. The highest BCUT2D eigenvalue weighted by Gasteiger charge is 2.50. The fourth-order valence-electron chi connectivity index (χ4n) is 6.33. The minimum Gasteiger partial charge on any atom is -0.390 e. The molecule has 3 fully saturated rings. The molecule has 1 N–H and O–H groups in total. The lowest BCUT2D eigenvalue weighted by atomic mass is 9.60. The number of hydrogen-bond acceptors (Lipinski definition) is 2. The molecule has 0 aromatic rings. The highest BCUT2D eigenvalue weighted by Crippen LogP contribution is 2.59. The third-order valence-corrected chi connectivity index (χ3v) is 7.92. The Hall–Kier alpha value is -0.860. The molecule has 0 radical (unpaired) electrons. The zero-order chi connectivity index (χ0) is 20.4. The Balaban J connectivity index is 1.67. The van der Waals surface area contributed by atoms with Crippen LogP contribution in [0.1, 0.15) is 85.5 Å². The van der Waals surface area contributed by atoms with Crippen LogP contribution in [0.3, 0.4) is 0 Å². The molecule has 2 aliphatic carbocycles. The first-order chi connectivity index (χ1) is 13.2. The Kier molecular flexibility index (Phi) is 6.92. The van der Waals surface area contributed by atoms with E-state index in [2.05, 4.69) is 32.6 Å². The molecule has 158 valence electrons. The molecule has 3 rings (SSSR count). The zero-order valence-electron chi connectivity index (χ0n) is 18.7. The summed E-state index contributed by atoms with van der Waals surface area (Å²) in [6.45, 7) is 14.6. The monoisotopic (exact) mass is 386 g/mol. The van der Waals surface area contributed by atoms with Gasteiger partial charge >= 0.3 is 0 Å². The first-order valence-electron chi connectivity index (χ1n) is 11.6. The van der Waals surface area contributed by atoms with E-state index < -0.39 is 5.60 Å². The maximum Gasteiger partial charge on any atom is 0.0713 e. The van der Waals surface area contributed by atoms with Gasteiger partial charge in [0.15, 0.2) is 0 Å². The lowest BCUT2D eigenvalue weighted by Gasteiger charge is -2.44. The van der Waals surface area contributed by atoms with E-state index in [1.807, 2.05) is 13.8 Å². The van der Waals surface area contributed by atoms with Gasteiger partial charge in [-0.3, -0.25) is 0 Å². The predicted octanol–water partition coefficient (Wildman–Crippen LogP) is 6.61. The smallest absolute Gasteiger partial charge is 0.0713 e. The number of allylic oxidation sites excluding steroid dienone is 3. The number of hydrogen-bond donors (Lipinski definition) is 1. The van der Waals surface area contributed by atoms with Crippen molar-refractivity contribution in [2.75, 3.05) is 13.2 Å². The van der Waals surface area contributed by atoms with Crippen molar-refractivity contribution in [3.63, 3.8) is 0 Å². The topological polar surface area (TPSA) is 29.5 Å². The van der Waals surface area contributed by atoms with Crippen LogP contribution >= 0.6 is 0 Å². The van der Waals surface area contributed by atoms with E-state index in [4.69, 9.17) is 4.74 Å². The fraction of sp³-hybridized carbons (Fsp3) is 0.769. The third kappa shape index (κ3) is 5.00. The maximum absolute atomic E-state index is 10.0. The Labute approximate surface area is 173 Å². The Morgan fingerprint density at radius 3 is 2.79 bits per heavy atom. The molecule has 2 saturated carbocycles. The molecule has 3 aliphatic rings. The van der Waals surface area contributed by atoms with Crippen molar-refractivity contribution in [3.05, 3.63) is 35.5 Å². The summed E-state index contributed by atoms with van der Waals surface area (Å²) < 4.78 is 5.51. The summed E-state index contributed by atoms with van der Waals surface area (Å²) in [6, 6.07) is 0. The van der Waals surface area contributed by atoms with Crippen LogP contribution in [-0.2, 0) is 4.74 Å². The van der Waals surface area contributed by atoms with Gasteiger partial charge < -0.3 is 9.84 Å². The van der Waals surface area contributed by atoms with Gasteiger partial charge in [-0.25, -0.2) is 0 Å². The first-order valence-corrected chi connectivity index (χ1v) is 11.6. The molecule has 0 amide bonds. The van der Waals surface area contributed by atoms with Crippen LogP contribution in [0.15, 0.2) is 35.5 Å². The van der Waals surface area contributed by atoms with Gasteiger partial charge in [0.2, 0.25) is 0 Å². The average molecular weight is 387 g/mol. The number of rotatable bonds is 6. The molecule has 1 aliphatic heterocycles. The Morgan fingerprint density at radius 2 is 2.07 bits per heavy atom. The summed E-state index contributed by atoms with van der Waals surface area (Å²) in [5.74, 6) is 2.34. The molecular weight excluding hydrogens is 344 g/mol. The maximum atomic E-state index is 10.0. The summed E-state index contributed by atoms with van der Waals surface area (Å²) in [5, 5.41) is 10.0. The van der Waals surface area contributed by atoms with Crippen molar-refractivity contribution in [1.82, 2.24) is 0 Å². The second-order valence-corrected chi connectivity index (χ2v) is 10.6. The van der Waals surface area contributed by atoms with Crippen LogP contribution in [0.25, 0.3) is 0 Å². The molecule has 28 heavy (non-hydrogen) atoms. The van der Waals surface area contributed by atoms with Gasteiger partial charge in [0.25, 0.3) is 0 Å². The third-order valence-electron chi connectivity index (χ3n) is 7.92. The van der Waals surface area contributed by atoms with E-state index in [1.54, 1.807) is 5.57 Å². The van der Waals surface area contributed by atoms with Gasteiger partial charge in [0, 0.05) is 0 Å². The van der Waals surface area contributed by atoms with E-state index >= 15 is 0 Å². The molecule has 1 saturated heterocycles. The van der Waals surface area contributed by atoms with Crippen molar-refractivity contribution in [3.8, 4) is 0 Å². The van der Waals surface area contributed by atoms with Gasteiger partial charge in [-0.15, -0.1) is 0 Å². The van der Waals surface area contributed by atoms with E-state index in [0.29, 0.717) is 12.0 Å². The van der Waals surface area contributed by atoms with Crippen LogP contribution in [0.5, 0.6) is 0 Å². The standard InChI is InChI=1S/C26H42O2/c1-19(8-6-15-25(3,4)27)23-12-13-24-22(9-7-16-26(23,24)5)11-10-21-14-17-28-18-20(21)2/h10-11,19,23-24,27H,2,6-9,12-18H2,1,3-5H3/b21-10-,22-11+/t19-,23-,24+,26-/m1/s1. The van der Waals surface area contributed by atoms with E-state index in [1.165, 1.54) is 44.1 Å². The highest BCUT2D eigenvalue weighted by atomic mass is 16.5. The van der Waals surface area contributed by atoms with E-state index in [-0.39, 0.29) is 0 Å². The zero-order valence-corrected chi connectivity index (χ0v) is 18.7. The van der Waals surface area contributed by atoms with Crippen LogP contribution in [-0.4, -0.2) is 23.9 Å². The van der Waals surface area contributed by atoms with Crippen molar-refractivity contribution in [1.29, 1.82) is 0 Å². The van der Waals surface area contributed by atoms with Gasteiger partial charge in [-0.2, -0.15) is 0 Å². The minimum atomic E-state index is -0.524. The van der Waals surface area contributed by atoms with Crippen LogP contribution < -0.4 is 0 Å². The summed E-state index contributed by atoms with van der Waals surface area (Å²) in [5.41, 5.74) is 4.17. The molecule has 1 heterocycles. The van der Waals surface area contributed by atoms with Crippen LogP contribution in [0.2, 0.25) is 0 Å². The van der Waals surface area contributed by atoms with E-state index in [9.17, 15) is 5.11 Å². The average Bonchev–Trinajstić information content (AvgIpc) is 2.97. The molecule has 2 heteroatoms. The normalized spacial score (nSPS) is 35.4. The Bertz CT molecular complexity index is 621. The second kappa shape index (κ2) is 8.88. The second-order valence-electron chi connectivity index (χ2n) is 10.6. The summed E-state index contributed by atoms with van der Waals surface area (Å²) >= 11 is 0. The van der Waals surface area contributed by atoms with Gasteiger partial charge in [0.05, 0.1) is 18.8 Å². The first kappa shape index (κ1) is 21.8. The quantitative estimate of drug-likeness (QED) is 0.556. The lowest BCUT2D eigenvalue weighted by Crippen LogP contribution is -2.36. The highest BCUT2D eigenvalue weighted by molar-refractivity contribution is 5.35.